The van der Waals surface area contributed by atoms with Crippen LogP contribution in [0, 0.1) is 5.82 Å². The number of amides is 2. The van der Waals surface area contributed by atoms with Gasteiger partial charge in [0.1, 0.15) is 5.82 Å². The second kappa shape index (κ2) is 9.36. The lowest BCUT2D eigenvalue weighted by Crippen LogP contribution is -2.53. The van der Waals surface area contributed by atoms with Gasteiger partial charge in [-0.1, -0.05) is 13.8 Å². The topological polar surface area (TPSA) is 55.9 Å². The van der Waals surface area contributed by atoms with Crippen molar-refractivity contribution >= 4 is 17.5 Å². The zero-order valence-electron chi connectivity index (χ0n) is 15.0. The van der Waals surface area contributed by atoms with Crippen LogP contribution < -0.4 is 10.2 Å². The fraction of sp³-hybridized carbons (Fsp3) is 0.556. The molecule has 2 amide bonds. The third-order valence-corrected chi connectivity index (χ3v) is 4.56. The van der Waals surface area contributed by atoms with E-state index in [1.54, 1.807) is 17.0 Å². The van der Waals surface area contributed by atoms with E-state index in [1.165, 1.54) is 12.1 Å². The number of rotatable bonds is 6. The number of carbonyl (C=O) groups is 2. The van der Waals surface area contributed by atoms with E-state index in [-0.39, 0.29) is 5.82 Å². The fourth-order valence-electron chi connectivity index (χ4n) is 2.91. The third-order valence-electron chi connectivity index (χ3n) is 4.56. The lowest BCUT2D eigenvalue weighted by atomic mass is 10.2. The second-order valence-corrected chi connectivity index (χ2v) is 6.04. The van der Waals surface area contributed by atoms with Gasteiger partial charge in [0.2, 0.25) is 0 Å². The lowest BCUT2D eigenvalue weighted by molar-refractivity contribution is -0.146. The molecule has 0 bridgehead atoms. The van der Waals surface area contributed by atoms with E-state index in [9.17, 15) is 14.0 Å². The third kappa shape index (κ3) is 5.42. The molecule has 1 heterocycles. The lowest BCUT2D eigenvalue weighted by Gasteiger charge is -2.35. The summed E-state index contributed by atoms with van der Waals surface area (Å²) in [7, 11) is 0. The first-order valence-electron chi connectivity index (χ1n) is 8.85. The van der Waals surface area contributed by atoms with Crippen LogP contribution in [0.4, 0.5) is 10.1 Å². The molecule has 1 aliphatic heterocycles. The van der Waals surface area contributed by atoms with Crippen LogP contribution in [0.1, 0.15) is 13.8 Å². The van der Waals surface area contributed by atoms with E-state index < -0.39 is 11.8 Å². The summed E-state index contributed by atoms with van der Waals surface area (Å²) in [6, 6.07) is 6.31. The molecular weight excluding hydrogens is 323 g/mol. The summed E-state index contributed by atoms with van der Waals surface area (Å²) in [5.41, 5.74) is 0.928. The van der Waals surface area contributed by atoms with Gasteiger partial charge in [0, 0.05) is 45.0 Å². The molecule has 138 valence electrons. The van der Waals surface area contributed by atoms with E-state index in [2.05, 4.69) is 29.0 Å². The summed E-state index contributed by atoms with van der Waals surface area (Å²) in [5.74, 6) is -1.28. The predicted molar refractivity (Wildman–Crippen MR) is 96.0 cm³/mol. The quantitative estimate of drug-likeness (QED) is 0.776. The van der Waals surface area contributed by atoms with E-state index in [1.807, 2.05) is 0 Å². The summed E-state index contributed by atoms with van der Waals surface area (Å²) in [6.07, 6.45) is 0. The summed E-state index contributed by atoms with van der Waals surface area (Å²) in [5, 5.41) is 2.70. The summed E-state index contributed by atoms with van der Waals surface area (Å²) in [6.45, 7) is 9.42. The monoisotopic (exact) mass is 350 g/mol. The first-order chi connectivity index (χ1) is 12.0. The maximum atomic E-state index is 13.0. The number of nitrogens with one attached hydrogen (secondary N) is 1. The molecular formula is C18H27FN4O2. The van der Waals surface area contributed by atoms with Crippen molar-refractivity contribution in [2.45, 2.75) is 13.8 Å². The Morgan fingerprint density at radius 3 is 2.24 bits per heavy atom. The molecule has 1 aliphatic rings. The number of hydrogen-bond acceptors (Lipinski definition) is 4. The zero-order chi connectivity index (χ0) is 18.2. The van der Waals surface area contributed by atoms with Crippen molar-refractivity contribution in [3.8, 4) is 0 Å². The van der Waals surface area contributed by atoms with Crippen LogP contribution in [0.25, 0.3) is 0 Å². The van der Waals surface area contributed by atoms with Crippen LogP contribution in [0.5, 0.6) is 0 Å². The maximum Gasteiger partial charge on any atom is 0.312 e. The van der Waals surface area contributed by atoms with Crippen molar-refractivity contribution in [3.05, 3.63) is 30.1 Å². The van der Waals surface area contributed by atoms with Crippen LogP contribution >= 0.6 is 0 Å². The summed E-state index contributed by atoms with van der Waals surface area (Å²) in [4.78, 5) is 30.1. The molecule has 2 rings (SSSR count). The standard InChI is InChI=1S/C18H27FN4O2/c1-3-21(4-2)10-9-20-17(24)18(25)23-13-11-22(12-14-23)16-7-5-15(19)6-8-16/h5-8H,3-4,9-14H2,1-2H3,(H,20,24). The Kier molecular flexibility index (Phi) is 7.18. The highest BCUT2D eigenvalue weighted by molar-refractivity contribution is 6.35. The molecule has 6 nitrogen and oxygen atoms in total. The molecule has 1 aromatic carbocycles. The molecule has 25 heavy (non-hydrogen) atoms. The smallest absolute Gasteiger partial charge is 0.312 e. The molecule has 1 fully saturated rings. The fourth-order valence-corrected chi connectivity index (χ4v) is 2.91. The Hall–Kier alpha value is -2.15. The van der Waals surface area contributed by atoms with E-state index >= 15 is 0 Å². The van der Waals surface area contributed by atoms with Crippen molar-refractivity contribution < 1.29 is 14.0 Å². The number of benzene rings is 1. The average Bonchev–Trinajstić information content (AvgIpc) is 2.65. The highest BCUT2D eigenvalue weighted by atomic mass is 19.1. The molecule has 0 saturated carbocycles. The van der Waals surface area contributed by atoms with Crippen molar-refractivity contribution in [2.24, 2.45) is 0 Å². The molecule has 1 N–H and O–H groups in total. The summed E-state index contributed by atoms with van der Waals surface area (Å²) < 4.78 is 13.0. The van der Waals surface area contributed by atoms with E-state index in [0.717, 1.165) is 25.3 Å². The Morgan fingerprint density at radius 2 is 1.68 bits per heavy atom. The van der Waals surface area contributed by atoms with E-state index in [4.69, 9.17) is 0 Å². The van der Waals surface area contributed by atoms with Gasteiger partial charge in [0.15, 0.2) is 0 Å². The van der Waals surface area contributed by atoms with Crippen LogP contribution in [0.2, 0.25) is 0 Å². The Labute approximate surface area is 148 Å². The van der Waals surface area contributed by atoms with Gasteiger partial charge in [0.05, 0.1) is 0 Å². The first-order valence-corrected chi connectivity index (χ1v) is 8.85. The number of likely N-dealkylation sites (N-methyl/N-ethyl adjacent to an activating group) is 1. The van der Waals surface area contributed by atoms with Gasteiger partial charge >= 0.3 is 11.8 Å². The van der Waals surface area contributed by atoms with Crippen LogP contribution in [-0.4, -0.2) is 74.0 Å². The molecule has 0 spiro atoms. The van der Waals surface area contributed by atoms with Gasteiger partial charge in [0.25, 0.3) is 0 Å². The van der Waals surface area contributed by atoms with Gasteiger partial charge in [-0.05, 0) is 37.4 Å². The van der Waals surface area contributed by atoms with E-state index in [0.29, 0.717) is 32.7 Å². The number of nitrogens with zero attached hydrogens (tertiary/aromatic N) is 3. The predicted octanol–water partition coefficient (Wildman–Crippen LogP) is 0.932. The van der Waals surface area contributed by atoms with Gasteiger partial charge in [-0.3, -0.25) is 9.59 Å². The maximum absolute atomic E-state index is 13.0. The highest BCUT2D eigenvalue weighted by Crippen LogP contribution is 2.16. The molecule has 7 heteroatoms. The Morgan fingerprint density at radius 1 is 1.08 bits per heavy atom. The van der Waals surface area contributed by atoms with Crippen LogP contribution in [-0.2, 0) is 9.59 Å². The second-order valence-electron chi connectivity index (χ2n) is 6.04. The number of piperazine rings is 1. The Bertz CT molecular complexity index is 567. The number of halogens is 1. The molecule has 0 radical (unpaired) electrons. The largest absolute Gasteiger partial charge is 0.368 e. The van der Waals surface area contributed by atoms with Crippen molar-refractivity contribution in [1.82, 2.24) is 15.1 Å². The number of carbonyl (C=O) groups excluding carboxylic acids is 2. The minimum absolute atomic E-state index is 0.265. The van der Waals surface area contributed by atoms with Gasteiger partial charge < -0.3 is 20.0 Å². The Balaban J connectivity index is 1.76. The molecule has 0 aliphatic carbocycles. The van der Waals surface area contributed by atoms with Crippen LogP contribution in [0.3, 0.4) is 0 Å². The van der Waals surface area contributed by atoms with Crippen LogP contribution in [0.15, 0.2) is 24.3 Å². The van der Waals surface area contributed by atoms with Gasteiger partial charge in [-0.15, -0.1) is 0 Å². The number of hydrogen-bond donors (Lipinski definition) is 1. The molecule has 0 atom stereocenters. The molecule has 0 unspecified atom stereocenters. The average molecular weight is 350 g/mol. The molecule has 1 saturated heterocycles. The SMILES string of the molecule is CCN(CC)CCNC(=O)C(=O)N1CCN(c2ccc(F)cc2)CC1. The normalized spacial score (nSPS) is 14.7. The number of anilines is 1. The van der Waals surface area contributed by atoms with Crippen molar-refractivity contribution in [3.63, 3.8) is 0 Å². The van der Waals surface area contributed by atoms with Gasteiger partial charge in [-0.2, -0.15) is 0 Å². The van der Waals surface area contributed by atoms with Crippen molar-refractivity contribution in [2.75, 3.05) is 57.3 Å². The molecule has 0 aromatic heterocycles. The summed E-state index contributed by atoms with van der Waals surface area (Å²) >= 11 is 0. The molecule has 1 aromatic rings. The zero-order valence-corrected chi connectivity index (χ0v) is 15.0. The highest BCUT2D eigenvalue weighted by Gasteiger charge is 2.25. The first kappa shape index (κ1) is 19.2. The van der Waals surface area contributed by atoms with Gasteiger partial charge in [-0.25, -0.2) is 4.39 Å². The van der Waals surface area contributed by atoms with Crippen molar-refractivity contribution in [1.29, 1.82) is 0 Å². The minimum Gasteiger partial charge on any atom is -0.368 e. The minimum atomic E-state index is -0.539.